The van der Waals surface area contributed by atoms with Crippen molar-refractivity contribution in [1.29, 1.82) is 0 Å². The van der Waals surface area contributed by atoms with Gasteiger partial charge in [-0.05, 0) is 40.3 Å². The summed E-state index contributed by atoms with van der Waals surface area (Å²) in [5.41, 5.74) is 5.96. The van der Waals surface area contributed by atoms with Crippen LogP contribution < -0.4 is 5.32 Å². The van der Waals surface area contributed by atoms with Gasteiger partial charge in [-0.15, -0.1) is 0 Å². The molecule has 2 heteroatoms. The topological polar surface area (TPSA) is 29.1 Å². The van der Waals surface area contributed by atoms with Gasteiger partial charge in [0.25, 0.3) is 0 Å². The summed E-state index contributed by atoms with van der Waals surface area (Å²) in [5, 5.41) is 3.42. The SMILES string of the molecule is Cc1ccccc1[C@@H](NC(=O)CC(c1ccccc1)(c1ccccc1)c1ccccc1)c1ccccc1. The Morgan fingerprint density at radius 2 is 1.00 bits per heavy atom. The average Bonchev–Trinajstić information content (AvgIpc) is 2.97. The number of carbonyl (C=O) groups excluding carboxylic acids is 1. The second-order valence-electron chi connectivity index (χ2n) is 9.45. The quantitative estimate of drug-likeness (QED) is 0.227. The van der Waals surface area contributed by atoms with E-state index in [2.05, 4.69) is 72.9 Å². The highest BCUT2D eigenvalue weighted by molar-refractivity contribution is 5.81. The normalized spacial score (nSPS) is 12.0. The van der Waals surface area contributed by atoms with Crippen LogP contribution >= 0.6 is 0 Å². The predicted molar refractivity (Wildman–Crippen MR) is 151 cm³/mol. The standard InChI is InChI=1S/C35H31NO/c1-27-16-14-15-25-32(27)34(28-17-6-2-7-18-28)36-33(37)26-35(29-19-8-3-9-20-29,30-21-10-4-11-22-30)31-23-12-5-13-24-31/h2-25,34H,26H2,1H3,(H,36,37)/t34-/m0/s1. The number of hydrogen-bond donors (Lipinski definition) is 1. The molecule has 0 bridgehead atoms. The molecule has 0 radical (unpaired) electrons. The molecule has 1 amide bonds. The first-order valence-electron chi connectivity index (χ1n) is 12.7. The van der Waals surface area contributed by atoms with Crippen LogP contribution in [-0.2, 0) is 10.2 Å². The minimum absolute atomic E-state index is 0.00587. The third-order valence-electron chi connectivity index (χ3n) is 7.16. The third kappa shape index (κ3) is 5.10. The van der Waals surface area contributed by atoms with Gasteiger partial charge in [-0.3, -0.25) is 4.79 Å². The lowest BCUT2D eigenvalue weighted by Crippen LogP contribution is -2.38. The molecular formula is C35H31NO. The molecule has 5 rings (SSSR count). The van der Waals surface area contributed by atoms with Crippen LogP contribution in [-0.4, -0.2) is 5.91 Å². The number of nitrogens with one attached hydrogen (secondary N) is 1. The van der Waals surface area contributed by atoms with E-state index in [9.17, 15) is 4.79 Å². The van der Waals surface area contributed by atoms with Crippen molar-refractivity contribution in [2.24, 2.45) is 0 Å². The van der Waals surface area contributed by atoms with E-state index in [0.717, 1.165) is 33.4 Å². The Morgan fingerprint density at radius 3 is 1.46 bits per heavy atom. The zero-order valence-electron chi connectivity index (χ0n) is 21.0. The van der Waals surface area contributed by atoms with Crippen molar-refractivity contribution in [2.75, 3.05) is 0 Å². The molecule has 0 aliphatic rings. The summed E-state index contributed by atoms with van der Waals surface area (Å²) < 4.78 is 0. The van der Waals surface area contributed by atoms with Gasteiger partial charge < -0.3 is 5.32 Å². The van der Waals surface area contributed by atoms with Crippen molar-refractivity contribution in [3.63, 3.8) is 0 Å². The second kappa shape index (κ2) is 11.1. The van der Waals surface area contributed by atoms with Crippen LogP contribution in [0.2, 0.25) is 0 Å². The summed E-state index contributed by atoms with van der Waals surface area (Å²) >= 11 is 0. The van der Waals surface area contributed by atoms with E-state index in [-0.39, 0.29) is 18.4 Å². The lowest BCUT2D eigenvalue weighted by molar-refractivity contribution is -0.122. The van der Waals surface area contributed by atoms with Gasteiger partial charge in [-0.25, -0.2) is 0 Å². The second-order valence-corrected chi connectivity index (χ2v) is 9.45. The molecular weight excluding hydrogens is 450 g/mol. The largest absolute Gasteiger partial charge is 0.345 e. The van der Waals surface area contributed by atoms with Crippen molar-refractivity contribution in [3.05, 3.63) is 179 Å². The van der Waals surface area contributed by atoms with Gasteiger partial charge in [0.2, 0.25) is 5.91 Å². The minimum atomic E-state index is -0.638. The van der Waals surface area contributed by atoms with Gasteiger partial charge in [0, 0.05) is 6.42 Å². The minimum Gasteiger partial charge on any atom is -0.345 e. The van der Waals surface area contributed by atoms with Crippen molar-refractivity contribution < 1.29 is 4.79 Å². The smallest absolute Gasteiger partial charge is 0.222 e. The van der Waals surface area contributed by atoms with Gasteiger partial charge in [0.1, 0.15) is 0 Å². The Hall–Kier alpha value is -4.43. The highest BCUT2D eigenvalue weighted by atomic mass is 16.1. The Morgan fingerprint density at radius 1 is 0.595 bits per heavy atom. The van der Waals surface area contributed by atoms with E-state index in [4.69, 9.17) is 0 Å². The zero-order chi connectivity index (χ0) is 25.5. The molecule has 0 fully saturated rings. The predicted octanol–water partition coefficient (Wildman–Crippen LogP) is 7.63. The van der Waals surface area contributed by atoms with Crippen LogP contribution in [0.5, 0.6) is 0 Å². The van der Waals surface area contributed by atoms with Crippen molar-refractivity contribution in [1.82, 2.24) is 5.32 Å². The van der Waals surface area contributed by atoms with E-state index in [1.807, 2.05) is 84.9 Å². The lowest BCUT2D eigenvalue weighted by atomic mass is 9.67. The molecule has 2 nitrogen and oxygen atoms in total. The van der Waals surface area contributed by atoms with Crippen LogP contribution in [0.25, 0.3) is 0 Å². The number of carbonyl (C=O) groups is 1. The van der Waals surface area contributed by atoms with Crippen molar-refractivity contribution in [3.8, 4) is 0 Å². The number of amides is 1. The Bertz CT molecular complexity index is 1330. The maximum atomic E-state index is 14.1. The number of aryl methyl sites for hydroxylation is 1. The van der Waals surface area contributed by atoms with Crippen molar-refractivity contribution in [2.45, 2.75) is 24.8 Å². The molecule has 1 atom stereocenters. The molecule has 0 heterocycles. The fourth-order valence-corrected chi connectivity index (χ4v) is 5.32. The summed E-state index contributed by atoms with van der Waals surface area (Å²) in [6, 6.07) is 49.4. The first kappa shape index (κ1) is 24.3. The van der Waals surface area contributed by atoms with E-state index in [1.165, 1.54) is 0 Å². The van der Waals surface area contributed by atoms with Crippen molar-refractivity contribution >= 4 is 5.91 Å². The molecule has 0 saturated heterocycles. The van der Waals surface area contributed by atoms with Crippen LogP contribution in [0.3, 0.4) is 0 Å². The highest BCUT2D eigenvalue weighted by Gasteiger charge is 2.39. The Labute approximate surface area is 219 Å². The average molecular weight is 482 g/mol. The van der Waals surface area contributed by atoms with E-state index in [0.29, 0.717) is 0 Å². The maximum absolute atomic E-state index is 14.1. The molecule has 0 aliphatic carbocycles. The van der Waals surface area contributed by atoms with Gasteiger partial charge in [-0.2, -0.15) is 0 Å². The highest BCUT2D eigenvalue weighted by Crippen LogP contribution is 2.42. The van der Waals surface area contributed by atoms with Crippen LogP contribution in [0.4, 0.5) is 0 Å². The summed E-state index contributed by atoms with van der Waals surface area (Å²) in [6.45, 7) is 2.10. The zero-order valence-corrected chi connectivity index (χ0v) is 21.0. The molecule has 0 aliphatic heterocycles. The van der Waals surface area contributed by atoms with Crippen LogP contribution in [0.1, 0.15) is 45.8 Å². The number of rotatable bonds is 8. The van der Waals surface area contributed by atoms with Gasteiger partial charge in [0.05, 0.1) is 11.5 Å². The van der Waals surface area contributed by atoms with Gasteiger partial charge in [-0.1, -0.05) is 146 Å². The monoisotopic (exact) mass is 481 g/mol. The summed E-state index contributed by atoms with van der Waals surface area (Å²) in [4.78, 5) is 14.1. The molecule has 5 aromatic carbocycles. The first-order valence-corrected chi connectivity index (χ1v) is 12.7. The fraction of sp³-hybridized carbons (Fsp3) is 0.114. The maximum Gasteiger partial charge on any atom is 0.222 e. The van der Waals surface area contributed by atoms with Crippen LogP contribution in [0.15, 0.2) is 146 Å². The molecule has 5 aromatic rings. The summed E-state index contributed by atoms with van der Waals surface area (Å²) in [5.74, 6) is -0.00587. The first-order chi connectivity index (χ1) is 18.2. The van der Waals surface area contributed by atoms with E-state index < -0.39 is 5.41 Å². The van der Waals surface area contributed by atoms with Crippen LogP contribution in [0, 0.1) is 6.92 Å². The third-order valence-corrected chi connectivity index (χ3v) is 7.16. The molecule has 0 aromatic heterocycles. The molecule has 182 valence electrons. The Balaban J connectivity index is 1.61. The van der Waals surface area contributed by atoms with E-state index >= 15 is 0 Å². The molecule has 0 saturated carbocycles. The lowest BCUT2D eigenvalue weighted by Gasteiger charge is -2.36. The number of benzene rings is 5. The Kier molecular flexibility index (Phi) is 7.28. The molecule has 1 N–H and O–H groups in total. The summed E-state index contributed by atoms with van der Waals surface area (Å²) in [6.07, 6.45) is 0.278. The van der Waals surface area contributed by atoms with Gasteiger partial charge >= 0.3 is 0 Å². The molecule has 0 unspecified atom stereocenters. The molecule has 0 spiro atoms. The van der Waals surface area contributed by atoms with Gasteiger partial charge in [0.15, 0.2) is 0 Å². The fourth-order valence-electron chi connectivity index (χ4n) is 5.32. The summed E-state index contributed by atoms with van der Waals surface area (Å²) in [7, 11) is 0. The molecule has 37 heavy (non-hydrogen) atoms. The van der Waals surface area contributed by atoms with E-state index in [1.54, 1.807) is 0 Å². The number of hydrogen-bond acceptors (Lipinski definition) is 1.